The van der Waals surface area contributed by atoms with Crippen molar-refractivity contribution in [3.05, 3.63) is 33.5 Å². The summed E-state index contributed by atoms with van der Waals surface area (Å²) >= 11 is 0. The van der Waals surface area contributed by atoms with Gasteiger partial charge in [0.1, 0.15) is 0 Å². The molecule has 3 heteroatoms. The maximum atomic E-state index is 10.7. The predicted molar refractivity (Wildman–Crippen MR) is 59.6 cm³/mol. The number of nitro groups is 1. The molecule has 0 bridgehead atoms. The largest absolute Gasteiger partial charge is 0.259 e. The Labute approximate surface area is 90.0 Å². The van der Waals surface area contributed by atoms with Crippen molar-refractivity contribution in [2.75, 3.05) is 0 Å². The quantitative estimate of drug-likeness (QED) is 0.286. The molecule has 15 heavy (non-hydrogen) atoms. The number of hydrogen-bond donors (Lipinski definition) is 0. The predicted octanol–water partition coefficient (Wildman–Crippen LogP) is 2.77. The fourth-order valence-electron chi connectivity index (χ4n) is 1.63. The molecule has 0 saturated heterocycles. The van der Waals surface area contributed by atoms with Crippen LogP contribution in [0.25, 0.3) is 0 Å². The van der Waals surface area contributed by atoms with E-state index in [4.69, 9.17) is 6.42 Å². The van der Waals surface area contributed by atoms with Crippen LogP contribution in [0, 0.1) is 34.3 Å². The number of terminal acetylenes is 1. The highest BCUT2D eigenvalue weighted by Crippen LogP contribution is 2.25. The summed E-state index contributed by atoms with van der Waals surface area (Å²) in [6.45, 7) is 4.10. The summed E-state index contributed by atoms with van der Waals surface area (Å²) in [4.78, 5) is 10.4. The maximum absolute atomic E-state index is 10.7. The normalized spacial score (nSPS) is 30.2. The van der Waals surface area contributed by atoms with E-state index >= 15 is 0 Å². The van der Waals surface area contributed by atoms with Gasteiger partial charge in [0.15, 0.2) is 0 Å². The van der Waals surface area contributed by atoms with Gasteiger partial charge in [-0.2, -0.15) is 0 Å². The summed E-state index contributed by atoms with van der Waals surface area (Å²) in [5, 5.41) is 10.7. The molecule has 0 radical (unpaired) electrons. The first-order chi connectivity index (χ1) is 7.04. The molecule has 0 aliphatic heterocycles. The van der Waals surface area contributed by atoms with Gasteiger partial charge < -0.3 is 0 Å². The Balaban J connectivity index is 3.02. The molecule has 1 rings (SSSR count). The lowest BCUT2D eigenvalue weighted by molar-refractivity contribution is -0.428. The molecular formula is C12H15NO2. The average molecular weight is 205 g/mol. The summed E-state index contributed by atoms with van der Waals surface area (Å²) in [5.74, 6) is 2.67. The number of rotatable bonds is 1. The van der Waals surface area contributed by atoms with Gasteiger partial charge in [-0.25, -0.2) is 0 Å². The van der Waals surface area contributed by atoms with E-state index in [9.17, 15) is 10.1 Å². The fourth-order valence-corrected chi connectivity index (χ4v) is 1.63. The second-order valence-electron chi connectivity index (χ2n) is 3.96. The Hall–Kier alpha value is -1.56. The first-order valence-corrected chi connectivity index (χ1v) is 5.04. The highest BCUT2D eigenvalue weighted by atomic mass is 16.6. The Kier molecular flexibility index (Phi) is 3.68. The van der Waals surface area contributed by atoms with E-state index in [-0.39, 0.29) is 16.5 Å². The molecule has 0 aromatic carbocycles. The van der Waals surface area contributed by atoms with Crippen LogP contribution < -0.4 is 0 Å². The standard InChI is InChI=1S/C12H15NO2/c1-4-11-7-10(3)9(2)5-6-12(8-11)13(14)15/h1,7-9,11H,5-6H2,2-3H3/b10-7+,12-8?. The number of hydrogen-bond acceptors (Lipinski definition) is 2. The van der Waals surface area contributed by atoms with Crippen molar-refractivity contribution in [2.24, 2.45) is 11.8 Å². The van der Waals surface area contributed by atoms with E-state index in [0.717, 1.165) is 6.42 Å². The molecule has 2 unspecified atom stereocenters. The number of allylic oxidation sites excluding steroid dienone is 4. The third kappa shape index (κ3) is 2.95. The first-order valence-electron chi connectivity index (χ1n) is 5.04. The lowest BCUT2D eigenvalue weighted by atomic mass is 9.90. The van der Waals surface area contributed by atoms with Gasteiger partial charge in [0.25, 0.3) is 0 Å². The maximum Gasteiger partial charge on any atom is 0.243 e. The van der Waals surface area contributed by atoms with Gasteiger partial charge in [0.05, 0.1) is 10.8 Å². The third-order valence-electron chi connectivity index (χ3n) is 2.85. The van der Waals surface area contributed by atoms with Crippen molar-refractivity contribution in [1.29, 1.82) is 0 Å². The SMILES string of the molecule is C#CC1C=C([N+](=O)[O-])CCC(C)/C(C)=C/1. The van der Waals surface area contributed by atoms with E-state index in [1.165, 1.54) is 5.57 Å². The summed E-state index contributed by atoms with van der Waals surface area (Å²) in [6.07, 6.45) is 10.2. The van der Waals surface area contributed by atoms with Crippen molar-refractivity contribution in [2.45, 2.75) is 26.7 Å². The minimum atomic E-state index is -0.328. The highest BCUT2D eigenvalue weighted by Gasteiger charge is 2.18. The molecule has 1 aliphatic carbocycles. The second-order valence-corrected chi connectivity index (χ2v) is 3.96. The van der Waals surface area contributed by atoms with Crippen molar-refractivity contribution in [1.82, 2.24) is 0 Å². The van der Waals surface area contributed by atoms with Gasteiger partial charge in [-0.3, -0.25) is 10.1 Å². The Morgan fingerprint density at radius 3 is 2.80 bits per heavy atom. The van der Waals surface area contributed by atoms with Gasteiger partial charge in [0, 0.05) is 12.5 Å². The van der Waals surface area contributed by atoms with Gasteiger partial charge in [-0.05, 0) is 19.3 Å². The first kappa shape index (κ1) is 11.5. The van der Waals surface area contributed by atoms with E-state index in [1.807, 2.05) is 13.0 Å². The molecule has 0 aromatic heterocycles. The molecule has 0 heterocycles. The van der Waals surface area contributed by atoms with Gasteiger partial charge in [-0.1, -0.05) is 24.5 Å². The monoisotopic (exact) mass is 205 g/mol. The van der Waals surface area contributed by atoms with Crippen molar-refractivity contribution < 1.29 is 4.92 Å². The van der Waals surface area contributed by atoms with Crippen LogP contribution in [-0.2, 0) is 0 Å². The Bertz CT molecular complexity index is 360. The zero-order chi connectivity index (χ0) is 11.4. The summed E-state index contributed by atoms with van der Waals surface area (Å²) < 4.78 is 0. The molecule has 80 valence electrons. The molecule has 0 saturated carbocycles. The Morgan fingerprint density at radius 2 is 2.27 bits per heavy atom. The van der Waals surface area contributed by atoms with Crippen molar-refractivity contribution in [3.8, 4) is 12.3 Å². The second kappa shape index (κ2) is 4.79. The van der Waals surface area contributed by atoms with E-state index in [1.54, 1.807) is 6.08 Å². The van der Waals surface area contributed by atoms with Crippen LogP contribution in [0.15, 0.2) is 23.4 Å². The minimum Gasteiger partial charge on any atom is -0.259 e. The molecule has 0 aromatic rings. The average Bonchev–Trinajstić information content (AvgIpc) is 2.18. The van der Waals surface area contributed by atoms with Crippen LogP contribution in [0.1, 0.15) is 26.7 Å². The van der Waals surface area contributed by atoms with Gasteiger partial charge in [-0.15, -0.1) is 6.42 Å². The topological polar surface area (TPSA) is 43.1 Å². The van der Waals surface area contributed by atoms with E-state index < -0.39 is 0 Å². The lowest BCUT2D eigenvalue weighted by Gasteiger charge is -2.15. The molecule has 0 amide bonds. The fraction of sp³-hybridized carbons (Fsp3) is 0.500. The molecule has 3 nitrogen and oxygen atoms in total. The van der Waals surface area contributed by atoms with Crippen LogP contribution in [-0.4, -0.2) is 4.92 Å². The summed E-state index contributed by atoms with van der Waals surface area (Å²) in [7, 11) is 0. The molecule has 0 N–H and O–H groups in total. The molecule has 2 atom stereocenters. The highest BCUT2D eigenvalue weighted by molar-refractivity contribution is 5.22. The van der Waals surface area contributed by atoms with Crippen molar-refractivity contribution in [3.63, 3.8) is 0 Å². The summed E-state index contributed by atoms with van der Waals surface area (Å²) in [6, 6.07) is 0. The zero-order valence-corrected chi connectivity index (χ0v) is 9.06. The minimum absolute atomic E-state index is 0.242. The van der Waals surface area contributed by atoms with Crippen LogP contribution in [0.2, 0.25) is 0 Å². The molecule has 1 aliphatic rings. The van der Waals surface area contributed by atoms with E-state index in [0.29, 0.717) is 12.3 Å². The van der Waals surface area contributed by atoms with Gasteiger partial charge >= 0.3 is 0 Å². The molecular weight excluding hydrogens is 190 g/mol. The van der Waals surface area contributed by atoms with Crippen LogP contribution >= 0.6 is 0 Å². The van der Waals surface area contributed by atoms with Crippen LogP contribution in [0.4, 0.5) is 0 Å². The molecule has 0 fully saturated rings. The zero-order valence-electron chi connectivity index (χ0n) is 9.06. The lowest BCUT2D eigenvalue weighted by Crippen LogP contribution is -2.09. The molecule has 0 spiro atoms. The van der Waals surface area contributed by atoms with Gasteiger partial charge in [0.2, 0.25) is 5.70 Å². The van der Waals surface area contributed by atoms with Crippen molar-refractivity contribution >= 4 is 0 Å². The summed E-state index contributed by atoms with van der Waals surface area (Å²) in [5.41, 5.74) is 1.46. The smallest absolute Gasteiger partial charge is 0.243 e. The Morgan fingerprint density at radius 1 is 1.60 bits per heavy atom. The van der Waals surface area contributed by atoms with E-state index in [2.05, 4.69) is 12.8 Å². The number of nitrogens with zero attached hydrogens (tertiary/aromatic N) is 1. The van der Waals surface area contributed by atoms with Crippen LogP contribution in [0.5, 0.6) is 0 Å². The third-order valence-corrected chi connectivity index (χ3v) is 2.85. The van der Waals surface area contributed by atoms with Crippen LogP contribution in [0.3, 0.4) is 0 Å².